The average molecular weight is 368 g/mol. The van der Waals surface area contributed by atoms with Crippen LogP contribution in [0.1, 0.15) is 11.6 Å². The van der Waals surface area contributed by atoms with Crippen LogP contribution >= 0.6 is 11.8 Å². The monoisotopic (exact) mass is 368 g/mol. The second-order valence-electron chi connectivity index (χ2n) is 5.70. The average Bonchev–Trinajstić information content (AvgIpc) is 2.56. The zero-order valence-electron chi connectivity index (χ0n) is 13.9. The van der Waals surface area contributed by atoms with E-state index in [1.54, 1.807) is 12.1 Å². The van der Waals surface area contributed by atoms with E-state index in [1.807, 2.05) is 19.0 Å². The van der Waals surface area contributed by atoms with Gasteiger partial charge in [-0.15, -0.1) is 11.8 Å². The topological polar surface area (TPSA) is 32.3 Å². The van der Waals surface area contributed by atoms with Gasteiger partial charge >= 0.3 is 0 Å². The maximum absolute atomic E-state index is 13.4. The van der Waals surface area contributed by atoms with E-state index >= 15 is 0 Å². The lowest BCUT2D eigenvalue weighted by Crippen LogP contribution is -2.35. The highest BCUT2D eigenvalue weighted by atomic mass is 32.2. The molecule has 3 nitrogen and oxygen atoms in total. The number of thioether (sulfide) groups is 1. The maximum atomic E-state index is 13.4. The number of hydrogen-bond donors (Lipinski definition) is 1. The van der Waals surface area contributed by atoms with Crippen molar-refractivity contribution >= 4 is 17.7 Å². The highest BCUT2D eigenvalue weighted by molar-refractivity contribution is 8.00. The largest absolute Gasteiger partial charge is 0.353 e. The first-order valence-corrected chi connectivity index (χ1v) is 8.62. The molecule has 0 radical (unpaired) electrons. The Labute approximate surface area is 149 Å². The smallest absolute Gasteiger partial charge is 0.230 e. The number of likely N-dealkylation sites (N-methyl/N-ethyl adjacent to an activating group) is 1. The fraction of sp³-hybridized carbons (Fsp3) is 0.278. The number of benzene rings is 2. The Balaban J connectivity index is 1.89. The normalized spacial score (nSPS) is 12.2. The van der Waals surface area contributed by atoms with Crippen LogP contribution in [0.5, 0.6) is 0 Å². The quantitative estimate of drug-likeness (QED) is 0.758. The number of amides is 1. The van der Waals surface area contributed by atoms with Gasteiger partial charge in [0.05, 0.1) is 11.8 Å². The number of halogens is 3. The first kappa shape index (κ1) is 19.3. The molecule has 1 atom stereocenters. The van der Waals surface area contributed by atoms with E-state index in [2.05, 4.69) is 5.32 Å². The number of nitrogens with one attached hydrogen (secondary N) is 1. The lowest BCUT2D eigenvalue weighted by atomic mass is 10.1. The van der Waals surface area contributed by atoms with Gasteiger partial charge < -0.3 is 10.2 Å². The second-order valence-corrected chi connectivity index (χ2v) is 6.75. The minimum absolute atomic E-state index is 0.0777. The molecule has 2 aromatic carbocycles. The zero-order valence-corrected chi connectivity index (χ0v) is 14.7. The van der Waals surface area contributed by atoms with E-state index in [4.69, 9.17) is 0 Å². The number of rotatable bonds is 7. The van der Waals surface area contributed by atoms with Gasteiger partial charge in [-0.25, -0.2) is 13.2 Å². The predicted octanol–water partition coefficient (Wildman–Crippen LogP) is 3.62. The number of hydrogen-bond acceptors (Lipinski definition) is 3. The maximum Gasteiger partial charge on any atom is 0.230 e. The van der Waals surface area contributed by atoms with Crippen LogP contribution in [0.4, 0.5) is 13.2 Å². The molecule has 2 aromatic rings. The second kappa shape index (κ2) is 8.92. The predicted molar refractivity (Wildman–Crippen MR) is 92.9 cm³/mol. The molecule has 0 aliphatic heterocycles. The van der Waals surface area contributed by atoms with Gasteiger partial charge in [0.1, 0.15) is 5.82 Å². The third-order valence-electron chi connectivity index (χ3n) is 3.61. The SMILES string of the molecule is CN(C)C(CNC(=O)CSc1ccc(F)c(F)c1)c1cccc(F)c1. The molecule has 0 spiro atoms. The number of nitrogens with zero attached hydrogens (tertiary/aromatic N) is 1. The number of carbonyl (C=O) groups excluding carboxylic acids is 1. The summed E-state index contributed by atoms with van der Waals surface area (Å²) in [7, 11) is 3.69. The highest BCUT2D eigenvalue weighted by Crippen LogP contribution is 2.21. The summed E-state index contributed by atoms with van der Waals surface area (Å²) in [5.74, 6) is -2.35. The van der Waals surface area contributed by atoms with Crippen LogP contribution in [0.15, 0.2) is 47.4 Å². The van der Waals surface area contributed by atoms with Gasteiger partial charge in [-0.1, -0.05) is 12.1 Å². The molecule has 0 aliphatic carbocycles. The van der Waals surface area contributed by atoms with Crippen LogP contribution in [-0.4, -0.2) is 37.2 Å². The van der Waals surface area contributed by atoms with Crippen LogP contribution in [0.3, 0.4) is 0 Å². The molecule has 0 saturated carbocycles. The third-order valence-corrected chi connectivity index (χ3v) is 4.60. The molecular weight excluding hydrogens is 349 g/mol. The van der Waals surface area contributed by atoms with Crippen molar-refractivity contribution in [1.82, 2.24) is 10.2 Å². The van der Waals surface area contributed by atoms with Gasteiger partial charge in [-0.05, 0) is 50.0 Å². The molecule has 25 heavy (non-hydrogen) atoms. The molecule has 0 aromatic heterocycles. The summed E-state index contributed by atoms with van der Waals surface area (Å²) in [6, 6.07) is 9.57. The summed E-state index contributed by atoms with van der Waals surface area (Å²) in [5.41, 5.74) is 0.763. The fourth-order valence-corrected chi connectivity index (χ4v) is 3.04. The highest BCUT2D eigenvalue weighted by Gasteiger charge is 2.16. The van der Waals surface area contributed by atoms with Crippen LogP contribution in [0.2, 0.25) is 0 Å². The van der Waals surface area contributed by atoms with Crippen molar-refractivity contribution in [2.24, 2.45) is 0 Å². The lowest BCUT2D eigenvalue weighted by Gasteiger charge is -2.25. The van der Waals surface area contributed by atoms with Crippen LogP contribution in [-0.2, 0) is 4.79 Å². The third kappa shape index (κ3) is 5.79. The molecule has 7 heteroatoms. The summed E-state index contributed by atoms with van der Waals surface area (Å²) in [6.07, 6.45) is 0. The van der Waals surface area contributed by atoms with Crippen molar-refractivity contribution < 1.29 is 18.0 Å². The van der Waals surface area contributed by atoms with Crippen molar-refractivity contribution in [1.29, 1.82) is 0 Å². The van der Waals surface area contributed by atoms with Gasteiger partial charge in [-0.2, -0.15) is 0 Å². The molecule has 0 bridgehead atoms. The first-order chi connectivity index (χ1) is 11.9. The summed E-state index contributed by atoms with van der Waals surface area (Å²) >= 11 is 1.12. The molecule has 1 N–H and O–H groups in total. The van der Waals surface area contributed by atoms with Crippen molar-refractivity contribution in [3.05, 3.63) is 65.5 Å². The van der Waals surface area contributed by atoms with E-state index in [1.165, 1.54) is 18.2 Å². The summed E-state index contributed by atoms with van der Waals surface area (Å²) in [4.78, 5) is 14.4. The summed E-state index contributed by atoms with van der Waals surface area (Å²) in [6.45, 7) is 0.313. The zero-order chi connectivity index (χ0) is 18.4. The lowest BCUT2D eigenvalue weighted by molar-refractivity contribution is -0.118. The van der Waals surface area contributed by atoms with Gasteiger partial charge in [-0.3, -0.25) is 4.79 Å². The summed E-state index contributed by atoms with van der Waals surface area (Å²) < 4.78 is 39.4. The molecule has 0 aliphatic rings. The van der Waals surface area contributed by atoms with E-state index in [9.17, 15) is 18.0 Å². The minimum atomic E-state index is -0.941. The molecule has 1 amide bonds. The standard InChI is InChI=1S/C18H19F3N2OS/c1-23(2)17(12-4-3-5-13(19)8-12)10-22-18(24)11-25-14-6-7-15(20)16(21)9-14/h3-9,17H,10-11H2,1-2H3,(H,22,24). The Morgan fingerprint density at radius 1 is 1.12 bits per heavy atom. The van der Waals surface area contributed by atoms with Crippen molar-refractivity contribution in [3.63, 3.8) is 0 Å². The van der Waals surface area contributed by atoms with E-state index < -0.39 is 11.6 Å². The molecule has 134 valence electrons. The Kier molecular flexibility index (Phi) is 6.90. The van der Waals surface area contributed by atoms with Gasteiger partial charge in [0.15, 0.2) is 11.6 Å². The Morgan fingerprint density at radius 3 is 2.52 bits per heavy atom. The number of carbonyl (C=O) groups is 1. The van der Waals surface area contributed by atoms with Gasteiger partial charge in [0.25, 0.3) is 0 Å². The fourth-order valence-electron chi connectivity index (χ4n) is 2.29. The van der Waals surface area contributed by atoms with Crippen LogP contribution in [0.25, 0.3) is 0 Å². The Morgan fingerprint density at radius 2 is 1.88 bits per heavy atom. The van der Waals surface area contributed by atoms with E-state index in [-0.39, 0.29) is 23.5 Å². The van der Waals surface area contributed by atoms with Crippen LogP contribution in [0, 0.1) is 17.5 Å². The van der Waals surface area contributed by atoms with Gasteiger partial charge in [0.2, 0.25) is 5.91 Å². The molecule has 2 rings (SSSR count). The first-order valence-electron chi connectivity index (χ1n) is 7.63. The summed E-state index contributed by atoms with van der Waals surface area (Å²) in [5, 5.41) is 2.79. The van der Waals surface area contributed by atoms with Crippen molar-refractivity contribution in [2.75, 3.05) is 26.4 Å². The minimum Gasteiger partial charge on any atom is -0.353 e. The van der Waals surface area contributed by atoms with Crippen LogP contribution < -0.4 is 5.32 Å². The van der Waals surface area contributed by atoms with Crippen molar-refractivity contribution in [2.45, 2.75) is 10.9 Å². The van der Waals surface area contributed by atoms with E-state index in [0.717, 1.165) is 29.5 Å². The van der Waals surface area contributed by atoms with Gasteiger partial charge in [0, 0.05) is 11.4 Å². The Hall–Kier alpha value is -1.99. The molecule has 0 heterocycles. The molecule has 1 unspecified atom stereocenters. The van der Waals surface area contributed by atoms with E-state index in [0.29, 0.717) is 11.4 Å². The Bertz CT molecular complexity index is 740. The van der Waals surface area contributed by atoms with Crippen molar-refractivity contribution in [3.8, 4) is 0 Å². The molecule has 0 saturated heterocycles. The molecular formula is C18H19F3N2OS. The molecule has 0 fully saturated rings.